The van der Waals surface area contributed by atoms with Gasteiger partial charge >= 0.3 is 0 Å². The van der Waals surface area contributed by atoms with Crippen LogP contribution in [0.5, 0.6) is 0 Å². The van der Waals surface area contributed by atoms with Gasteiger partial charge in [0, 0.05) is 45.7 Å². The van der Waals surface area contributed by atoms with Crippen molar-refractivity contribution in [3.8, 4) is 0 Å². The number of aromatic amines is 1. The molecule has 0 atom stereocenters. The van der Waals surface area contributed by atoms with E-state index in [1.807, 2.05) is 0 Å². The molecule has 7 heteroatoms. The van der Waals surface area contributed by atoms with E-state index < -0.39 is 5.91 Å². The summed E-state index contributed by atoms with van der Waals surface area (Å²) in [5.74, 6) is -0.702. The van der Waals surface area contributed by atoms with Gasteiger partial charge in [-0.1, -0.05) is 0 Å². The molecule has 2 amide bonds. The Kier molecular flexibility index (Phi) is 6.10. The van der Waals surface area contributed by atoms with E-state index in [2.05, 4.69) is 4.98 Å². The Hall–Kier alpha value is -2.15. The molecular formula is C14H21N3O4. The van der Waals surface area contributed by atoms with Gasteiger partial charge < -0.3 is 19.5 Å². The van der Waals surface area contributed by atoms with E-state index in [0.29, 0.717) is 5.69 Å². The second-order valence-corrected chi connectivity index (χ2v) is 4.90. The zero-order valence-corrected chi connectivity index (χ0v) is 12.8. The van der Waals surface area contributed by atoms with Crippen molar-refractivity contribution >= 4 is 11.8 Å². The zero-order chi connectivity index (χ0) is 16.0. The first-order valence-corrected chi connectivity index (χ1v) is 6.54. The molecule has 0 spiro atoms. The van der Waals surface area contributed by atoms with Crippen molar-refractivity contribution in [2.24, 2.45) is 0 Å². The van der Waals surface area contributed by atoms with Crippen LogP contribution < -0.4 is 5.43 Å². The predicted octanol–water partition coefficient (Wildman–Crippen LogP) is -0.140. The van der Waals surface area contributed by atoms with Crippen molar-refractivity contribution in [2.45, 2.75) is 6.92 Å². The number of amides is 2. The molecule has 0 saturated heterocycles. The van der Waals surface area contributed by atoms with Gasteiger partial charge in [-0.15, -0.1) is 0 Å². The van der Waals surface area contributed by atoms with Gasteiger partial charge in [-0.25, -0.2) is 0 Å². The number of nitrogens with zero attached hydrogens (tertiary/aromatic N) is 2. The highest BCUT2D eigenvalue weighted by Gasteiger charge is 2.21. The third-order valence-electron chi connectivity index (χ3n) is 2.97. The number of ether oxygens (including phenoxy) is 1. The number of nitrogens with one attached hydrogen (secondary N) is 1. The molecule has 7 nitrogen and oxygen atoms in total. The molecule has 0 aliphatic rings. The molecule has 0 aliphatic heterocycles. The summed E-state index contributed by atoms with van der Waals surface area (Å²) in [4.78, 5) is 41.6. The van der Waals surface area contributed by atoms with E-state index in [-0.39, 0.29) is 36.6 Å². The van der Waals surface area contributed by atoms with Crippen LogP contribution in [0.2, 0.25) is 0 Å². The molecule has 1 rings (SSSR count). The van der Waals surface area contributed by atoms with Gasteiger partial charge in [-0.2, -0.15) is 0 Å². The van der Waals surface area contributed by atoms with Crippen molar-refractivity contribution < 1.29 is 14.3 Å². The highest BCUT2D eigenvalue weighted by molar-refractivity contribution is 5.96. The Morgan fingerprint density at radius 3 is 2.52 bits per heavy atom. The topological polar surface area (TPSA) is 82.7 Å². The molecule has 1 N–H and O–H groups in total. The fraction of sp³-hybridized carbons (Fsp3) is 0.500. The quantitative estimate of drug-likeness (QED) is 0.792. The molecule has 0 aromatic carbocycles. The largest absolute Gasteiger partial charge is 0.383 e. The number of carbonyl (C=O) groups excluding carboxylic acids is 2. The highest BCUT2D eigenvalue weighted by atomic mass is 16.5. The van der Waals surface area contributed by atoms with Gasteiger partial charge in [0.25, 0.3) is 5.91 Å². The van der Waals surface area contributed by atoms with Crippen LogP contribution in [0.1, 0.15) is 16.1 Å². The number of pyridine rings is 1. The molecule has 0 unspecified atom stereocenters. The lowest BCUT2D eigenvalue weighted by Crippen LogP contribution is -2.43. The molecule has 1 heterocycles. The lowest BCUT2D eigenvalue weighted by atomic mass is 10.2. The Bertz CT molecular complexity index is 566. The highest BCUT2D eigenvalue weighted by Crippen LogP contribution is 2.01. The maximum Gasteiger partial charge on any atom is 0.259 e. The number of likely N-dealkylation sites (N-methyl/N-ethyl adjacent to an activating group) is 1. The van der Waals surface area contributed by atoms with E-state index in [1.54, 1.807) is 21.0 Å². The van der Waals surface area contributed by atoms with Gasteiger partial charge in [0.2, 0.25) is 5.91 Å². The van der Waals surface area contributed by atoms with Crippen molar-refractivity contribution in [1.29, 1.82) is 0 Å². The maximum atomic E-state index is 12.4. The van der Waals surface area contributed by atoms with Gasteiger partial charge in [-0.05, 0) is 6.92 Å². The van der Waals surface area contributed by atoms with Gasteiger partial charge in [0.05, 0.1) is 6.61 Å². The molecule has 21 heavy (non-hydrogen) atoms. The smallest absolute Gasteiger partial charge is 0.259 e. The summed E-state index contributed by atoms with van der Waals surface area (Å²) in [7, 11) is 4.73. The maximum absolute atomic E-state index is 12.4. The standard InChI is InChI=1S/C14H21N3O4/c1-10-7-12(18)11(8-15-10)14(20)17(5-6-21-4)9-13(19)16(2)3/h7-8H,5-6,9H2,1-4H3,(H,15,18). The molecule has 0 bridgehead atoms. The first-order chi connectivity index (χ1) is 9.86. The number of carbonyl (C=O) groups is 2. The minimum atomic E-state index is -0.483. The van der Waals surface area contributed by atoms with E-state index in [0.717, 1.165) is 0 Å². The average molecular weight is 295 g/mol. The monoisotopic (exact) mass is 295 g/mol. The second-order valence-electron chi connectivity index (χ2n) is 4.90. The van der Waals surface area contributed by atoms with Gasteiger partial charge in [0.15, 0.2) is 5.43 Å². The number of aryl methyl sites for hydroxylation is 1. The van der Waals surface area contributed by atoms with Crippen molar-refractivity contribution in [2.75, 3.05) is 40.9 Å². The van der Waals surface area contributed by atoms with Crippen molar-refractivity contribution in [3.63, 3.8) is 0 Å². The lowest BCUT2D eigenvalue weighted by molar-refractivity contribution is -0.129. The second kappa shape index (κ2) is 7.58. The van der Waals surface area contributed by atoms with Crippen molar-refractivity contribution in [3.05, 3.63) is 33.7 Å². The van der Waals surface area contributed by atoms with Crippen LogP contribution in [0.3, 0.4) is 0 Å². The Morgan fingerprint density at radius 2 is 2.00 bits per heavy atom. The summed E-state index contributed by atoms with van der Waals surface area (Å²) in [6, 6.07) is 1.36. The Morgan fingerprint density at radius 1 is 1.33 bits per heavy atom. The van der Waals surface area contributed by atoms with E-state index >= 15 is 0 Å². The van der Waals surface area contributed by atoms with Gasteiger partial charge in [0.1, 0.15) is 12.1 Å². The third-order valence-corrected chi connectivity index (χ3v) is 2.97. The average Bonchev–Trinajstić information content (AvgIpc) is 2.42. The fourth-order valence-corrected chi connectivity index (χ4v) is 1.67. The summed E-state index contributed by atoms with van der Waals surface area (Å²) in [5, 5.41) is 0. The van der Waals surface area contributed by atoms with Crippen LogP contribution in [0.15, 0.2) is 17.1 Å². The zero-order valence-electron chi connectivity index (χ0n) is 12.8. The third kappa shape index (κ3) is 4.71. The summed E-state index contributed by atoms with van der Waals surface area (Å²) >= 11 is 0. The molecule has 1 aromatic heterocycles. The molecular weight excluding hydrogens is 274 g/mol. The lowest BCUT2D eigenvalue weighted by Gasteiger charge is -2.23. The number of aromatic nitrogens is 1. The minimum Gasteiger partial charge on any atom is -0.383 e. The molecule has 116 valence electrons. The van der Waals surface area contributed by atoms with E-state index in [1.165, 1.54) is 29.2 Å². The number of rotatable bonds is 6. The van der Waals surface area contributed by atoms with E-state index in [4.69, 9.17) is 4.74 Å². The Labute approximate surface area is 123 Å². The molecule has 1 aromatic rings. The molecule has 0 aliphatic carbocycles. The van der Waals surface area contributed by atoms with Crippen LogP contribution in [0, 0.1) is 6.92 Å². The van der Waals surface area contributed by atoms with Crippen molar-refractivity contribution in [1.82, 2.24) is 14.8 Å². The minimum absolute atomic E-state index is 0.0169. The summed E-state index contributed by atoms with van der Waals surface area (Å²) in [6.45, 7) is 2.16. The van der Waals surface area contributed by atoms with Gasteiger partial charge in [-0.3, -0.25) is 14.4 Å². The van der Waals surface area contributed by atoms with E-state index in [9.17, 15) is 14.4 Å². The first-order valence-electron chi connectivity index (χ1n) is 6.54. The SMILES string of the molecule is COCCN(CC(=O)N(C)C)C(=O)c1c[nH]c(C)cc1=O. The number of H-pyrrole nitrogens is 1. The molecule has 0 fully saturated rings. The fourth-order valence-electron chi connectivity index (χ4n) is 1.67. The van der Waals surface area contributed by atoms with Crippen LogP contribution in [0.25, 0.3) is 0 Å². The number of hydrogen-bond acceptors (Lipinski definition) is 4. The molecule has 0 saturated carbocycles. The van der Waals surface area contributed by atoms with Crippen LogP contribution in [0.4, 0.5) is 0 Å². The summed E-state index contributed by atoms with van der Waals surface area (Å²) in [5.41, 5.74) is 0.323. The number of methoxy groups -OCH3 is 1. The molecule has 0 radical (unpaired) electrons. The summed E-state index contributed by atoms with van der Waals surface area (Å²) in [6.07, 6.45) is 1.37. The first kappa shape index (κ1) is 16.9. The predicted molar refractivity (Wildman–Crippen MR) is 78.3 cm³/mol. The van der Waals surface area contributed by atoms with Crippen LogP contribution in [-0.2, 0) is 9.53 Å². The Balaban J connectivity index is 2.98. The normalized spacial score (nSPS) is 10.3. The number of hydrogen-bond donors (Lipinski definition) is 1. The van der Waals surface area contributed by atoms with Crippen LogP contribution >= 0.6 is 0 Å². The summed E-state index contributed by atoms with van der Waals surface area (Å²) < 4.78 is 4.95. The van der Waals surface area contributed by atoms with Crippen LogP contribution in [-0.4, -0.2) is 67.5 Å².